The van der Waals surface area contributed by atoms with Gasteiger partial charge < -0.3 is 4.90 Å². The van der Waals surface area contributed by atoms with Gasteiger partial charge in [0.1, 0.15) is 5.01 Å². The van der Waals surface area contributed by atoms with Crippen molar-refractivity contribution in [2.24, 2.45) is 0 Å². The minimum Gasteiger partial charge on any atom is -0.338 e. The first kappa shape index (κ1) is 13.5. The van der Waals surface area contributed by atoms with Crippen LogP contribution < -0.4 is 0 Å². The number of thiazole rings is 1. The van der Waals surface area contributed by atoms with Gasteiger partial charge >= 0.3 is 0 Å². The average molecular weight is 327 g/mol. The van der Waals surface area contributed by atoms with Crippen LogP contribution in [0, 0.1) is 0 Å². The van der Waals surface area contributed by atoms with Crippen LogP contribution in [0.5, 0.6) is 0 Å². The zero-order chi connectivity index (χ0) is 13.3. The summed E-state index contributed by atoms with van der Waals surface area (Å²) in [4.78, 5) is 18.3. The molecule has 1 aromatic carbocycles. The molecule has 0 aliphatic carbocycles. The fourth-order valence-corrected chi connectivity index (χ4v) is 3.04. The molecule has 0 aliphatic heterocycles. The molecule has 1 heterocycles. The van der Waals surface area contributed by atoms with Gasteiger partial charge in [-0.3, -0.25) is 4.79 Å². The van der Waals surface area contributed by atoms with E-state index in [1.165, 1.54) is 0 Å². The van der Waals surface area contributed by atoms with Gasteiger partial charge in [0.05, 0.1) is 21.1 Å². The Labute approximate surface area is 119 Å². The number of carbonyl (C=O) groups excluding carboxylic acids is 1. The fourth-order valence-electron chi connectivity index (χ4n) is 1.72. The Morgan fingerprint density at radius 3 is 2.72 bits per heavy atom. The molecule has 0 radical (unpaired) electrons. The van der Waals surface area contributed by atoms with Gasteiger partial charge in [0.25, 0.3) is 0 Å². The number of aromatic nitrogens is 1. The molecule has 3 nitrogen and oxygen atoms in total. The van der Waals surface area contributed by atoms with Gasteiger partial charge in [-0.25, -0.2) is 4.98 Å². The second kappa shape index (κ2) is 4.97. The normalized spacial score (nSPS) is 11.8. The Balaban J connectivity index is 2.16. The summed E-state index contributed by atoms with van der Waals surface area (Å²) in [6.07, 6.45) is 0. The molecule has 5 heteroatoms. The number of alkyl halides is 1. The number of hydrogen-bond acceptors (Lipinski definition) is 3. The van der Waals surface area contributed by atoms with Crippen LogP contribution in [-0.4, -0.2) is 27.2 Å². The monoisotopic (exact) mass is 326 g/mol. The van der Waals surface area contributed by atoms with E-state index in [4.69, 9.17) is 0 Å². The quantitative estimate of drug-likeness (QED) is 0.809. The molecular formula is C13H15BrN2OS. The predicted octanol–water partition coefficient (Wildman–Crippen LogP) is 3.43. The Hall–Kier alpha value is -0.940. The molecule has 2 rings (SSSR count). The van der Waals surface area contributed by atoms with Crippen molar-refractivity contribution in [3.8, 4) is 0 Å². The molecule has 2 aromatic rings. The first-order valence-electron chi connectivity index (χ1n) is 5.67. The summed E-state index contributed by atoms with van der Waals surface area (Å²) in [7, 11) is 1.80. The lowest BCUT2D eigenvalue weighted by atomic mass is 10.2. The summed E-state index contributed by atoms with van der Waals surface area (Å²) in [6, 6.07) is 8.02. The first-order chi connectivity index (χ1) is 8.38. The van der Waals surface area contributed by atoms with Crippen LogP contribution >= 0.6 is 27.3 Å². The highest BCUT2D eigenvalue weighted by Gasteiger charge is 2.27. The molecule has 0 unspecified atom stereocenters. The molecule has 0 N–H and O–H groups in total. The number of benzene rings is 1. The molecule has 0 saturated heterocycles. The molecule has 0 saturated carbocycles. The van der Waals surface area contributed by atoms with Gasteiger partial charge in [-0.2, -0.15) is 0 Å². The van der Waals surface area contributed by atoms with Crippen molar-refractivity contribution in [3.05, 3.63) is 29.3 Å². The third-order valence-corrected chi connectivity index (χ3v) is 3.93. The number of hydrogen-bond donors (Lipinski definition) is 0. The molecule has 96 valence electrons. The molecule has 0 atom stereocenters. The number of para-hydroxylation sites is 1. The van der Waals surface area contributed by atoms with Crippen molar-refractivity contribution in [1.29, 1.82) is 0 Å². The van der Waals surface area contributed by atoms with E-state index in [0.717, 1.165) is 15.2 Å². The van der Waals surface area contributed by atoms with Crippen molar-refractivity contribution < 1.29 is 4.79 Å². The van der Waals surface area contributed by atoms with Crippen LogP contribution in [-0.2, 0) is 11.3 Å². The number of carbonyl (C=O) groups is 1. The van der Waals surface area contributed by atoms with E-state index in [9.17, 15) is 4.79 Å². The number of halogens is 1. The summed E-state index contributed by atoms with van der Waals surface area (Å²) >= 11 is 5.02. The van der Waals surface area contributed by atoms with E-state index in [1.807, 2.05) is 38.1 Å². The number of nitrogens with zero attached hydrogens (tertiary/aromatic N) is 2. The van der Waals surface area contributed by atoms with Crippen molar-refractivity contribution in [2.45, 2.75) is 24.7 Å². The van der Waals surface area contributed by atoms with Crippen LogP contribution in [0.1, 0.15) is 18.9 Å². The third kappa shape index (κ3) is 2.90. The van der Waals surface area contributed by atoms with Crippen LogP contribution in [0.15, 0.2) is 24.3 Å². The van der Waals surface area contributed by atoms with Crippen LogP contribution in [0.25, 0.3) is 10.2 Å². The SMILES string of the molecule is CN(Cc1nc2ccccc2s1)C(=O)C(C)(C)Br. The Morgan fingerprint density at radius 1 is 1.44 bits per heavy atom. The second-order valence-electron chi connectivity index (χ2n) is 4.71. The highest BCUT2D eigenvalue weighted by atomic mass is 79.9. The van der Waals surface area contributed by atoms with Crippen LogP contribution in [0.2, 0.25) is 0 Å². The van der Waals surface area contributed by atoms with Crippen LogP contribution in [0.3, 0.4) is 0 Å². The van der Waals surface area contributed by atoms with E-state index in [1.54, 1.807) is 23.3 Å². The minimum atomic E-state index is -0.529. The zero-order valence-corrected chi connectivity index (χ0v) is 13.0. The lowest BCUT2D eigenvalue weighted by Crippen LogP contribution is -2.38. The summed E-state index contributed by atoms with van der Waals surface area (Å²) in [5.41, 5.74) is 0.997. The standard InChI is InChI=1S/C13H15BrN2OS/c1-13(2,14)12(17)16(3)8-11-15-9-6-4-5-7-10(9)18-11/h4-7H,8H2,1-3H3. The maximum absolute atomic E-state index is 12.0. The fraction of sp³-hybridized carbons (Fsp3) is 0.385. The Kier molecular flexibility index (Phi) is 3.73. The summed E-state index contributed by atoms with van der Waals surface area (Å²) in [5.74, 6) is 0.0572. The smallest absolute Gasteiger partial charge is 0.239 e. The molecule has 0 bridgehead atoms. The Morgan fingerprint density at radius 2 is 2.11 bits per heavy atom. The molecule has 1 amide bonds. The third-order valence-electron chi connectivity index (χ3n) is 2.57. The maximum Gasteiger partial charge on any atom is 0.239 e. The zero-order valence-electron chi connectivity index (χ0n) is 10.6. The predicted molar refractivity (Wildman–Crippen MR) is 79.1 cm³/mol. The minimum absolute atomic E-state index is 0.0572. The summed E-state index contributed by atoms with van der Waals surface area (Å²) in [5, 5.41) is 0.962. The molecule has 0 spiro atoms. The van der Waals surface area contributed by atoms with Crippen molar-refractivity contribution >= 4 is 43.4 Å². The van der Waals surface area contributed by atoms with Gasteiger partial charge in [0, 0.05) is 7.05 Å². The van der Waals surface area contributed by atoms with Crippen LogP contribution in [0.4, 0.5) is 0 Å². The number of rotatable bonds is 3. The summed E-state index contributed by atoms with van der Waals surface area (Å²) < 4.78 is 0.629. The van der Waals surface area contributed by atoms with Gasteiger partial charge in [-0.1, -0.05) is 28.1 Å². The van der Waals surface area contributed by atoms with Crippen molar-refractivity contribution in [3.63, 3.8) is 0 Å². The molecule has 18 heavy (non-hydrogen) atoms. The largest absolute Gasteiger partial charge is 0.338 e. The molecule has 0 aliphatic rings. The highest BCUT2D eigenvalue weighted by molar-refractivity contribution is 9.10. The van der Waals surface area contributed by atoms with Gasteiger partial charge in [-0.15, -0.1) is 11.3 Å². The summed E-state index contributed by atoms with van der Waals surface area (Å²) in [6.45, 7) is 4.25. The van der Waals surface area contributed by atoms with E-state index in [0.29, 0.717) is 6.54 Å². The second-order valence-corrected chi connectivity index (χ2v) is 7.81. The average Bonchev–Trinajstić information content (AvgIpc) is 2.68. The highest BCUT2D eigenvalue weighted by Crippen LogP contribution is 2.24. The van der Waals surface area contributed by atoms with Crippen molar-refractivity contribution in [1.82, 2.24) is 9.88 Å². The lowest BCUT2D eigenvalue weighted by Gasteiger charge is -2.23. The first-order valence-corrected chi connectivity index (χ1v) is 7.28. The van der Waals surface area contributed by atoms with E-state index in [2.05, 4.69) is 20.9 Å². The van der Waals surface area contributed by atoms with E-state index >= 15 is 0 Å². The topological polar surface area (TPSA) is 33.2 Å². The maximum atomic E-state index is 12.0. The van der Waals surface area contributed by atoms with Gasteiger partial charge in [0.2, 0.25) is 5.91 Å². The van der Waals surface area contributed by atoms with E-state index < -0.39 is 4.32 Å². The van der Waals surface area contributed by atoms with Crippen molar-refractivity contribution in [2.75, 3.05) is 7.05 Å². The Bertz CT molecular complexity index is 541. The molecule has 1 aromatic heterocycles. The van der Waals surface area contributed by atoms with Gasteiger partial charge in [0.15, 0.2) is 0 Å². The van der Waals surface area contributed by atoms with E-state index in [-0.39, 0.29) is 5.91 Å². The number of amides is 1. The molecule has 0 fully saturated rings. The number of fused-ring (bicyclic) bond motifs is 1. The lowest BCUT2D eigenvalue weighted by molar-refractivity contribution is -0.131. The van der Waals surface area contributed by atoms with Gasteiger partial charge in [-0.05, 0) is 26.0 Å². The molecular weight excluding hydrogens is 312 g/mol.